The minimum Gasteiger partial charge on any atom is -0.353 e. The Bertz CT molecular complexity index is 447. The number of nitrogens with one attached hydrogen (secondary N) is 3. The van der Waals surface area contributed by atoms with Gasteiger partial charge in [-0.2, -0.15) is 0 Å². The molecule has 2 amide bonds. The van der Waals surface area contributed by atoms with Crippen LogP contribution in [0.15, 0.2) is 28.7 Å². The molecule has 1 saturated heterocycles. The lowest BCUT2D eigenvalue weighted by Gasteiger charge is -2.22. The predicted molar refractivity (Wildman–Crippen MR) is 72.2 cm³/mol. The third-order valence-electron chi connectivity index (χ3n) is 2.65. The molecule has 3 N–H and O–H groups in total. The number of carbonyl (C=O) groups excluding carboxylic acids is 2. The monoisotopic (exact) mass is 311 g/mol. The van der Waals surface area contributed by atoms with E-state index in [1.54, 1.807) is 12.1 Å². The van der Waals surface area contributed by atoms with Crippen LogP contribution in [0.4, 0.5) is 5.69 Å². The number of anilines is 1. The summed E-state index contributed by atoms with van der Waals surface area (Å²) < 4.78 is 0.953. The second kappa shape index (κ2) is 5.97. The van der Waals surface area contributed by atoms with E-state index in [1.165, 1.54) is 0 Å². The summed E-state index contributed by atoms with van der Waals surface area (Å²) in [7, 11) is 0. The first kappa shape index (κ1) is 13.0. The van der Waals surface area contributed by atoms with Crippen molar-refractivity contribution in [2.45, 2.75) is 12.5 Å². The highest BCUT2D eigenvalue weighted by Gasteiger charge is 2.23. The number of piperazine rings is 1. The molecule has 0 aliphatic carbocycles. The highest BCUT2D eigenvalue weighted by Crippen LogP contribution is 2.14. The summed E-state index contributed by atoms with van der Waals surface area (Å²) in [6.45, 7) is 1.31. The van der Waals surface area contributed by atoms with Gasteiger partial charge in [-0.1, -0.05) is 15.9 Å². The fourth-order valence-electron chi connectivity index (χ4n) is 1.74. The Labute approximate surface area is 113 Å². The average Bonchev–Trinajstić information content (AvgIpc) is 2.35. The average molecular weight is 312 g/mol. The largest absolute Gasteiger partial charge is 0.353 e. The molecule has 1 aliphatic heterocycles. The Hall–Kier alpha value is -1.40. The molecule has 0 saturated carbocycles. The molecule has 1 aliphatic rings. The van der Waals surface area contributed by atoms with Gasteiger partial charge in [0.1, 0.15) is 0 Å². The Morgan fingerprint density at radius 1 is 1.33 bits per heavy atom. The molecule has 1 heterocycles. The van der Waals surface area contributed by atoms with E-state index in [1.807, 2.05) is 12.1 Å². The molecule has 1 aromatic carbocycles. The fourth-order valence-corrected chi connectivity index (χ4v) is 2.01. The molecule has 6 heteroatoms. The molecule has 1 aromatic rings. The maximum absolute atomic E-state index is 11.8. The minimum atomic E-state index is -0.436. The normalized spacial score (nSPS) is 19.2. The highest BCUT2D eigenvalue weighted by atomic mass is 79.9. The quantitative estimate of drug-likeness (QED) is 0.775. The number of halogens is 1. The standard InChI is InChI=1S/C12H14BrN3O2/c13-8-1-3-9(4-2-8)16-11(17)7-10-12(18)15-6-5-14-10/h1-4,10,14H,5-7H2,(H,15,18)(H,16,17). The molecule has 5 nitrogen and oxygen atoms in total. The van der Waals surface area contributed by atoms with Crippen LogP contribution < -0.4 is 16.0 Å². The van der Waals surface area contributed by atoms with Gasteiger partial charge < -0.3 is 16.0 Å². The summed E-state index contributed by atoms with van der Waals surface area (Å²) in [4.78, 5) is 23.2. The van der Waals surface area contributed by atoms with Crippen LogP contribution in [0.1, 0.15) is 6.42 Å². The van der Waals surface area contributed by atoms with Crippen molar-refractivity contribution in [1.82, 2.24) is 10.6 Å². The van der Waals surface area contributed by atoms with E-state index >= 15 is 0 Å². The molecule has 18 heavy (non-hydrogen) atoms. The van der Waals surface area contributed by atoms with E-state index in [0.717, 1.165) is 10.2 Å². The highest BCUT2D eigenvalue weighted by molar-refractivity contribution is 9.10. The van der Waals surface area contributed by atoms with E-state index in [9.17, 15) is 9.59 Å². The van der Waals surface area contributed by atoms with Crippen molar-refractivity contribution in [1.29, 1.82) is 0 Å². The maximum Gasteiger partial charge on any atom is 0.237 e. The van der Waals surface area contributed by atoms with Gasteiger partial charge in [0.2, 0.25) is 11.8 Å². The number of hydrogen-bond donors (Lipinski definition) is 3. The van der Waals surface area contributed by atoms with Gasteiger partial charge in [0, 0.05) is 23.2 Å². The summed E-state index contributed by atoms with van der Waals surface area (Å²) in [5, 5.41) is 8.49. The molecular weight excluding hydrogens is 298 g/mol. The second-order valence-corrected chi connectivity index (χ2v) is 4.97. The van der Waals surface area contributed by atoms with Crippen LogP contribution in [-0.2, 0) is 9.59 Å². The molecule has 0 aromatic heterocycles. The van der Waals surface area contributed by atoms with E-state index in [2.05, 4.69) is 31.9 Å². The maximum atomic E-state index is 11.8. The summed E-state index contributed by atoms with van der Waals surface area (Å²) >= 11 is 3.32. The number of benzene rings is 1. The van der Waals surface area contributed by atoms with Crippen molar-refractivity contribution in [3.63, 3.8) is 0 Å². The van der Waals surface area contributed by atoms with Gasteiger partial charge in [-0.15, -0.1) is 0 Å². The van der Waals surface area contributed by atoms with E-state index < -0.39 is 6.04 Å². The summed E-state index contributed by atoms with van der Waals surface area (Å²) in [5.74, 6) is -0.293. The first-order valence-corrected chi connectivity index (χ1v) is 6.51. The van der Waals surface area contributed by atoms with Crippen LogP contribution in [0.5, 0.6) is 0 Å². The Kier molecular flexibility index (Phi) is 4.33. The minimum absolute atomic E-state index is 0.118. The smallest absolute Gasteiger partial charge is 0.237 e. The van der Waals surface area contributed by atoms with Crippen LogP contribution in [0.2, 0.25) is 0 Å². The summed E-state index contributed by atoms with van der Waals surface area (Å²) in [6, 6.07) is 6.86. The summed E-state index contributed by atoms with van der Waals surface area (Å²) in [6.07, 6.45) is 0.141. The van der Waals surface area contributed by atoms with Gasteiger partial charge in [0.25, 0.3) is 0 Å². The first-order chi connectivity index (χ1) is 8.65. The lowest BCUT2D eigenvalue weighted by Crippen LogP contribution is -2.53. The molecule has 2 rings (SSSR count). The van der Waals surface area contributed by atoms with Crippen molar-refractivity contribution in [2.75, 3.05) is 18.4 Å². The third-order valence-corrected chi connectivity index (χ3v) is 3.18. The number of carbonyl (C=O) groups is 2. The second-order valence-electron chi connectivity index (χ2n) is 4.06. The number of amides is 2. The molecule has 96 valence electrons. The number of hydrogen-bond acceptors (Lipinski definition) is 3. The zero-order chi connectivity index (χ0) is 13.0. The van der Waals surface area contributed by atoms with Crippen LogP contribution in [0.25, 0.3) is 0 Å². The Morgan fingerprint density at radius 2 is 2.06 bits per heavy atom. The van der Waals surface area contributed by atoms with Crippen molar-refractivity contribution in [2.24, 2.45) is 0 Å². The molecule has 0 spiro atoms. The third kappa shape index (κ3) is 3.54. The van der Waals surface area contributed by atoms with Gasteiger partial charge in [0.15, 0.2) is 0 Å². The van der Waals surface area contributed by atoms with E-state index in [4.69, 9.17) is 0 Å². The predicted octanol–water partition coefficient (Wildman–Crippen LogP) is 0.866. The van der Waals surface area contributed by atoms with Gasteiger partial charge in [0.05, 0.1) is 12.5 Å². The lowest BCUT2D eigenvalue weighted by atomic mass is 10.1. The van der Waals surface area contributed by atoms with Crippen molar-refractivity contribution >= 4 is 33.4 Å². The van der Waals surface area contributed by atoms with Crippen LogP contribution >= 0.6 is 15.9 Å². The van der Waals surface area contributed by atoms with Crippen LogP contribution in [-0.4, -0.2) is 30.9 Å². The van der Waals surface area contributed by atoms with Gasteiger partial charge in [-0.05, 0) is 24.3 Å². The van der Waals surface area contributed by atoms with Crippen molar-refractivity contribution in [3.8, 4) is 0 Å². The topological polar surface area (TPSA) is 70.2 Å². The summed E-state index contributed by atoms with van der Waals surface area (Å²) in [5.41, 5.74) is 0.722. The zero-order valence-corrected chi connectivity index (χ0v) is 11.3. The molecule has 1 unspecified atom stereocenters. The molecule has 0 radical (unpaired) electrons. The fraction of sp³-hybridized carbons (Fsp3) is 0.333. The van der Waals surface area contributed by atoms with Crippen molar-refractivity contribution < 1.29 is 9.59 Å². The van der Waals surface area contributed by atoms with E-state index in [-0.39, 0.29) is 18.2 Å². The molecular formula is C12H14BrN3O2. The zero-order valence-electron chi connectivity index (χ0n) is 9.70. The van der Waals surface area contributed by atoms with Crippen LogP contribution in [0, 0.1) is 0 Å². The van der Waals surface area contributed by atoms with Crippen LogP contribution in [0.3, 0.4) is 0 Å². The molecule has 0 bridgehead atoms. The molecule has 1 fully saturated rings. The lowest BCUT2D eigenvalue weighted by molar-refractivity contribution is -0.127. The van der Waals surface area contributed by atoms with Gasteiger partial charge in [-0.3, -0.25) is 9.59 Å². The SMILES string of the molecule is O=C(CC1NCCNC1=O)Nc1ccc(Br)cc1. The van der Waals surface area contributed by atoms with Gasteiger partial charge >= 0.3 is 0 Å². The number of rotatable bonds is 3. The first-order valence-electron chi connectivity index (χ1n) is 5.71. The molecule has 1 atom stereocenters. The van der Waals surface area contributed by atoms with E-state index in [0.29, 0.717) is 13.1 Å². The van der Waals surface area contributed by atoms with Crippen molar-refractivity contribution in [3.05, 3.63) is 28.7 Å². The Balaban J connectivity index is 1.88. The Morgan fingerprint density at radius 3 is 2.72 bits per heavy atom. The van der Waals surface area contributed by atoms with Gasteiger partial charge in [-0.25, -0.2) is 0 Å².